The summed E-state index contributed by atoms with van der Waals surface area (Å²) in [5, 5.41) is 0. The Labute approximate surface area is 96.4 Å². The van der Waals surface area contributed by atoms with E-state index in [0.717, 1.165) is 11.8 Å². The predicted molar refractivity (Wildman–Crippen MR) is 67.9 cm³/mol. The van der Waals surface area contributed by atoms with Crippen LogP contribution in [0.3, 0.4) is 0 Å². The van der Waals surface area contributed by atoms with Gasteiger partial charge in [-0.2, -0.15) is 0 Å². The molecule has 0 aromatic heterocycles. The van der Waals surface area contributed by atoms with Gasteiger partial charge in [0.25, 0.3) is 0 Å². The Balaban J connectivity index is 0.000000531. The van der Waals surface area contributed by atoms with Gasteiger partial charge < -0.3 is 4.48 Å². The number of quaternary nitrogens is 1. The van der Waals surface area contributed by atoms with Crippen molar-refractivity contribution in [1.29, 1.82) is 0 Å². The van der Waals surface area contributed by atoms with Gasteiger partial charge in [-0.1, -0.05) is 27.7 Å². The fourth-order valence-electron chi connectivity index (χ4n) is 3.52. The molecule has 1 spiro atoms. The molecule has 2 saturated heterocycles. The average molecular weight is 212 g/mol. The second-order valence-electron chi connectivity index (χ2n) is 5.65. The van der Waals surface area contributed by atoms with Crippen LogP contribution < -0.4 is 0 Å². The zero-order valence-corrected chi connectivity index (χ0v) is 11.3. The van der Waals surface area contributed by atoms with Crippen molar-refractivity contribution < 1.29 is 4.48 Å². The molecule has 15 heavy (non-hydrogen) atoms. The third kappa shape index (κ3) is 3.48. The summed E-state index contributed by atoms with van der Waals surface area (Å²) in [5.74, 6) is 1.95. The van der Waals surface area contributed by atoms with Crippen molar-refractivity contribution in [2.24, 2.45) is 11.8 Å². The summed E-state index contributed by atoms with van der Waals surface area (Å²) in [6.07, 6.45) is 5.92. The smallest absolute Gasteiger partial charge is 0.0812 e. The van der Waals surface area contributed by atoms with Gasteiger partial charge in [-0.25, -0.2) is 0 Å². The minimum atomic E-state index is 0.975. The molecule has 0 radical (unpaired) electrons. The molecule has 2 rings (SSSR count). The summed E-state index contributed by atoms with van der Waals surface area (Å²) in [5.41, 5.74) is 0. The topological polar surface area (TPSA) is 0 Å². The first-order chi connectivity index (χ1) is 7.20. The Morgan fingerprint density at radius 2 is 1.20 bits per heavy atom. The van der Waals surface area contributed by atoms with Crippen LogP contribution in [0.5, 0.6) is 0 Å². The largest absolute Gasteiger partial charge is 0.323 e. The predicted octanol–water partition coefficient (Wildman–Crippen LogP) is 3.69. The zero-order valence-electron chi connectivity index (χ0n) is 11.3. The molecule has 0 N–H and O–H groups in total. The lowest BCUT2D eigenvalue weighted by Crippen LogP contribution is -2.49. The number of hydrogen-bond acceptors (Lipinski definition) is 0. The van der Waals surface area contributed by atoms with Crippen LogP contribution in [0.4, 0.5) is 0 Å². The van der Waals surface area contributed by atoms with Crippen LogP contribution >= 0.6 is 0 Å². The molecule has 2 atom stereocenters. The quantitative estimate of drug-likeness (QED) is 0.537. The van der Waals surface area contributed by atoms with Crippen molar-refractivity contribution >= 4 is 0 Å². The third-order valence-corrected chi connectivity index (χ3v) is 4.07. The lowest BCUT2D eigenvalue weighted by molar-refractivity contribution is -0.921. The maximum atomic E-state index is 2.45. The van der Waals surface area contributed by atoms with E-state index in [9.17, 15) is 0 Å². The van der Waals surface area contributed by atoms with Crippen molar-refractivity contribution in [1.82, 2.24) is 0 Å². The Morgan fingerprint density at radius 3 is 1.60 bits per heavy atom. The van der Waals surface area contributed by atoms with Gasteiger partial charge in [0.2, 0.25) is 0 Å². The first-order valence-electron chi connectivity index (χ1n) is 7.05. The van der Waals surface area contributed by atoms with E-state index >= 15 is 0 Å². The standard InChI is InChI=1S/C12H24N.C2H6/c1-11-5-6-12(2)10-13(9-11)7-3-4-8-13;1-2/h11-12H,3-10H2,1-2H3;1-2H3/q+1;. The van der Waals surface area contributed by atoms with Gasteiger partial charge in [-0.3, -0.25) is 0 Å². The van der Waals surface area contributed by atoms with E-state index in [0.29, 0.717) is 0 Å². The Kier molecular flexibility index (Phi) is 5.11. The molecule has 0 aromatic carbocycles. The maximum Gasteiger partial charge on any atom is 0.0812 e. The summed E-state index contributed by atoms with van der Waals surface area (Å²) < 4.78 is 1.47. The number of nitrogens with zero attached hydrogens (tertiary/aromatic N) is 1. The minimum Gasteiger partial charge on any atom is -0.323 e. The van der Waals surface area contributed by atoms with Crippen molar-refractivity contribution in [2.75, 3.05) is 26.2 Å². The van der Waals surface area contributed by atoms with E-state index in [1.165, 1.54) is 56.3 Å². The monoisotopic (exact) mass is 212 g/mol. The second kappa shape index (κ2) is 5.89. The average Bonchev–Trinajstić information content (AvgIpc) is 2.60. The van der Waals surface area contributed by atoms with Gasteiger partial charge in [-0.15, -0.1) is 0 Å². The van der Waals surface area contributed by atoms with Crippen molar-refractivity contribution in [3.8, 4) is 0 Å². The van der Waals surface area contributed by atoms with Crippen LogP contribution in [0, 0.1) is 11.8 Å². The number of hydrogen-bond donors (Lipinski definition) is 0. The molecule has 2 aliphatic rings. The van der Waals surface area contributed by atoms with Crippen molar-refractivity contribution in [3.63, 3.8) is 0 Å². The fourth-order valence-corrected chi connectivity index (χ4v) is 3.52. The Morgan fingerprint density at radius 1 is 0.800 bits per heavy atom. The lowest BCUT2D eigenvalue weighted by Gasteiger charge is -2.36. The molecule has 1 nitrogen and oxygen atoms in total. The fraction of sp³-hybridized carbons (Fsp3) is 1.00. The highest BCUT2D eigenvalue weighted by molar-refractivity contribution is 4.67. The van der Waals surface area contributed by atoms with E-state index in [4.69, 9.17) is 0 Å². The van der Waals surface area contributed by atoms with E-state index in [1.807, 2.05) is 13.8 Å². The van der Waals surface area contributed by atoms with Crippen LogP contribution in [0.1, 0.15) is 53.4 Å². The van der Waals surface area contributed by atoms with Gasteiger partial charge in [0, 0.05) is 24.7 Å². The van der Waals surface area contributed by atoms with Crippen LogP contribution in [0.2, 0.25) is 0 Å². The Hall–Kier alpha value is -0.0400. The van der Waals surface area contributed by atoms with Gasteiger partial charge in [-0.05, 0) is 12.8 Å². The van der Waals surface area contributed by atoms with Gasteiger partial charge in [0.1, 0.15) is 0 Å². The molecular formula is C14H30N+. The molecule has 0 saturated carbocycles. The molecule has 90 valence electrons. The maximum absolute atomic E-state index is 2.45. The third-order valence-electron chi connectivity index (χ3n) is 4.07. The molecular weight excluding hydrogens is 182 g/mol. The normalized spacial score (nSPS) is 34.4. The van der Waals surface area contributed by atoms with Gasteiger partial charge in [0.15, 0.2) is 0 Å². The summed E-state index contributed by atoms with van der Waals surface area (Å²) in [6.45, 7) is 14.8. The Bertz CT molecular complexity index is 156. The van der Waals surface area contributed by atoms with Crippen LogP contribution in [-0.4, -0.2) is 30.7 Å². The second-order valence-corrected chi connectivity index (χ2v) is 5.65. The lowest BCUT2D eigenvalue weighted by atomic mass is 10.0. The highest BCUT2D eigenvalue weighted by atomic mass is 15.4. The van der Waals surface area contributed by atoms with E-state index < -0.39 is 0 Å². The SMILES string of the molecule is CC.CC1CCC(C)C[N+]2(CCCC2)C1. The van der Waals surface area contributed by atoms with Crippen LogP contribution in [0.15, 0.2) is 0 Å². The molecule has 2 fully saturated rings. The zero-order chi connectivity index (χ0) is 11.3. The van der Waals surface area contributed by atoms with Crippen LogP contribution in [-0.2, 0) is 0 Å². The summed E-state index contributed by atoms with van der Waals surface area (Å²) in [7, 11) is 0. The minimum absolute atomic E-state index is 0.975. The van der Waals surface area contributed by atoms with Crippen molar-refractivity contribution in [3.05, 3.63) is 0 Å². The number of rotatable bonds is 0. The first kappa shape index (κ1) is 13.0. The molecule has 0 amide bonds. The van der Waals surface area contributed by atoms with E-state index in [2.05, 4.69) is 13.8 Å². The van der Waals surface area contributed by atoms with Crippen LogP contribution in [0.25, 0.3) is 0 Å². The highest BCUT2D eigenvalue weighted by Gasteiger charge is 2.36. The van der Waals surface area contributed by atoms with E-state index in [-0.39, 0.29) is 0 Å². The molecule has 1 heteroatoms. The summed E-state index contributed by atoms with van der Waals surface area (Å²) in [6, 6.07) is 0. The van der Waals surface area contributed by atoms with E-state index in [1.54, 1.807) is 0 Å². The molecule has 0 bridgehead atoms. The summed E-state index contributed by atoms with van der Waals surface area (Å²) in [4.78, 5) is 0. The van der Waals surface area contributed by atoms with Gasteiger partial charge in [0.05, 0.1) is 26.2 Å². The summed E-state index contributed by atoms with van der Waals surface area (Å²) >= 11 is 0. The van der Waals surface area contributed by atoms with Crippen molar-refractivity contribution in [2.45, 2.75) is 53.4 Å². The molecule has 2 aliphatic heterocycles. The highest BCUT2D eigenvalue weighted by Crippen LogP contribution is 2.30. The molecule has 2 unspecified atom stereocenters. The first-order valence-corrected chi connectivity index (χ1v) is 7.05. The molecule has 2 heterocycles. The van der Waals surface area contributed by atoms with Gasteiger partial charge >= 0.3 is 0 Å². The molecule has 0 aromatic rings. The molecule has 0 aliphatic carbocycles.